The van der Waals surface area contributed by atoms with E-state index >= 15 is 0 Å². The number of amides is 1. The molecule has 2 aromatic rings. The topological polar surface area (TPSA) is 60.0 Å². The largest absolute Gasteiger partial charge is 0.497 e. The van der Waals surface area contributed by atoms with Gasteiger partial charge in [0.15, 0.2) is 11.5 Å². The van der Waals surface area contributed by atoms with Crippen molar-refractivity contribution in [3.05, 3.63) is 48.0 Å². The number of nitrogens with zero attached hydrogens (tertiary/aromatic N) is 1. The maximum absolute atomic E-state index is 12.5. The zero-order valence-electron chi connectivity index (χ0n) is 15.4. The average molecular weight is 368 g/mol. The van der Waals surface area contributed by atoms with Crippen LogP contribution in [-0.2, 0) is 4.79 Å². The molecule has 1 saturated heterocycles. The van der Waals surface area contributed by atoms with Crippen molar-refractivity contribution in [2.24, 2.45) is 0 Å². The van der Waals surface area contributed by atoms with E-state index in [0.717, 1.165) is 42.3 Å². The van der Waals surface area contributed by atoms with Gasteiger partial charge in [-0.15, -0.1) is 0 Å². The van der Waals surface area contributed by atoms with Crippen LogP contribution < -0.4 is 19.5 Å². The Hall–Kier alpha value is -2.73. The third-order valence-electron chi connectivity index (χ3n) is 5.04. The second-order valence-electron chi connectivity index (χ2n) is 6.81. The highest BCUT2D eigenvalue weighted by molar-refractivity contribution is 5.92. The molecule has 2 aromatic carbocycles. The van der Waals surface area contributed by atoms with Gasteiger partial charge in [-0.25, -0.2) is 0 Å². The highest BCUT2D eigenvalue weighted by Crippen LogP contribution is 2.37. The first-order valence-corrected chi connectivity index (χ1v) is 9.30. The van der Waals surface area contributed by atoms with Crippen LogP contribution in [0.5, 0.6) is 17.2 Å². The standard InChI is InChI=1S/C21H24N2O4/c1-25-17-7-5-16(6-8-17)22-21(24)14-23-10-2-3-18(23)15-4-9-19-20(13-15)27-12-11-26-19/h4-9,13,18H,2-3,10-12,14H2,1H3,(H,22,24)/t18-/m1/s1. The number of carbonyl (C=O) groups is 1. The zero-order chi connectivity index (χ0) is 18.6. The Morgan fingerprint density at radius 2 is 1.93 bits per heavy atom. The van der Waals surface area contributed by atoms with E-state index < -0.39 is 0 Å². The summed E-state index contributed by atoms with van der Waals surface area (Å²) in [6.45, 7) is 2.45. The van der Waals surface area contributed by atoms with E-state index in [9.17, 15) is 4.79 Å². The maximum Gasteiger partial charge on any atom is 0.238 e. The van der Waals surface area contributed by atoms with Gasteiger partial charge in [-0.05, 0) is 61.3 Å². The zero-order valence-corrected chi connectivity index (χ0v) is 15.4. The van der Waals surface area contributed by atoms with Crippen molar-refractivity contribution < 1.29 is 19.0 Å². The molecule has 2 aliphatic heterocycles. The predicted octanol–water partition coefficient (Wildman–Crippen LogP) is 3.24. The second kappa shape index (κ2) is 7.88. The number of methoxy groups -OCH3 is 1. The lowest BCUT2D eigenvalue weighted by atomic mass is 10.0. The van der Waals surface area contributed by atoms with E-state index in [1.54, 1.807) is 7.11 Å². The SMILES string of the molecule is COc1ccc(NC(=O)CN2CCC[C@@H]2c2ccc3c(c2)OCCO3)cc1. The molecule has 0 saturated carbocycles. The number of anilines is 1. The van der Waals surface area contributed by atoms with E-state index in [-0.39, 0.29) is 11.9 Å². The van der Waals surface area contributed by atoms with Crippen LogP contribution in [0.4, 0.5) is 5.69 Å². The molecule has 142 valence electrons. The molecule has 6 heteroatoms. The van der Waals surface area contributed by atoms with Crippen molar-refractivity contribution in [2.45, 2.75) is 18.9 Å². The van der Waals surface area contributed by atoms with Gasteiger partial charge in [0.2, 0.25) is 5.91 Å². The molecule has 0 radical (unpaired) electrons. The summed E-state index contributed by atoms with van der Waals surface area (Å²) < 4.78 is 16.5. The molecule has 0 spiro atoms. The van der Waals surface area contributed by atoms with Crippen LogP contribution in [0.3, 0.4) is 0 Å². The maximum atomic E-state index is 12.5. The number of rotatable bonds is 5. The van der Waals surface area contributed by atoms with Gasteiger partial charge in [0.05, 0.1) is 13.7 Å². The van der Waals surface area contributed by atoms with Gasteiger partial charge in [0, 0.05) is 11.7 Å². The van der Waals surface area contributed by atoms with Gasteiger partial charge in [-0.3, -0.25) is 9.69 Å². The number of fused-ring (bicyclic) bond motifs is 1. The summed E-state index contributed by atoms with van der Waals surface area (Å²) in [5.41, 5.74) is 1.95. The van der Waals surface area contributed by atoms with E-state index in [0.29, 0.717) is 19.8 Å². The minimum Gasteiger partial charge on any atom is -0.497 e. The fourth-order valence-corrected chi connectivity index (χ4v) is 3.72. The summed E-state index contributed by atoms with van der Waals surface area (Å²) in [4.78, 5) is 14.7. The fourth-order valence-electron chi connectivity index (χ4n) is 3.72. The van der Waals surface area contributed by atoms with Crippen molar-refractivity contribution in [3.8, 4) is 17.2 Å². The highest BCUT2D eigenvalue weighted by Gasteiger charge is 2.28. The quantitative estimate of drug-likeness (QED) is 0.878. The number of benzene rings is 2. The second-order valence-corrected chi connectivity index (χ2v) is 6.81. The van der Waals surface area contributed by atoms with E-state index in [4.69, 9.17) is 14.2 Å². The van der Waals surface area contributed by atoms with Gasteiger partial charge >= 0.3 is 0 Å². The van der Waals surface area contributed by atoms with Gasteiger partial charge in [-0.2, -0.15) is 0 Å². The van der Waals surface area contributed by atoms with Crippen molar-refractivity contribution in [2.75, 3.05) is 38.7 Å². The lowest BCUT2D eigenvalue weighted by molar-refractivity contribution is -0.117. The van der Waals surface area contributed by atoms with Crippen LogP contribution in [0.2, 0.25) is 0 Å². The monoisotopic (exact) mass is 368 g/mol. The van der Waals surface area contributed by atoms with E-state index in [1.807, 2.05) is 30.3 Å². The minimum atomic E-state index is -0.00962. The number of hydrogen-bond acceptors (Lipinski definition) is 5. The molecule has 0 unspecified atom stereocenters. The van der Waals surface area contributed by atoms with Gasteiger partial charge in [0.1, 0.15) is 19.0 Å². The Morgan fingerprint density at radius 1 is 1.15 bits per heavy atom. The molecule has 0 bridgehead atoms. The van der Waals surface area contributed by atoms with Crippen molar-refractivity contribution >= 4 is 11.6 Å². The van der Waals surface area contributed by atoms with Crippen LogP contribution >= 0.6 is 0 Å². The van der Waals surface area contributed by atoms with Crippen molar-refractivity contribution in [3.63, 3.8) is 0 Å². The molecule has 1 atom stereocenters. The Morgan fingerprint density at radius 3 is 2.70 bits per heavy atom. The fraction of sp³-hybridized carbons (Fsp3) is 0.381. The Kier molecular flexibility index (Phi) is 5.16. The smallest absolute Gasteiger partial charge is 0.238 e. The summed E-state index contributed by atoms with van der Waals surface area (Å²) in [5.74, 6) is 2.36. The molecular weight excluding hydrogens is 344 g/mol. The summed E-state index contributed by atoms with van der Waals surface area (Å²) in [6, 6.07) is 13.7. The van der Waals surface area contributed by atoms with E-state index in [2.05, 4.69) is 22.3 Å². The molecule has 6 nitrogen and oxygen atoms in total. The van der Waals surface area contributed by atoms with Crippen LogP contribution in [0.1, 0.15) is 24.4 Å². The van der Waals surface area contributed by atoms with Crippen molar-refractivity contribution in [1.82, 2.24) is 4.90 Å². The third kappa shape index (κ3) is 4.01. The lowest BCUT2D eigenvalue weighted by Gasteiger charge is -2.26. The first kappa shape index (κ1) is 17.7. The van der Waals surface area contributed by atoms with Gasteiger partial charge in [0.25, 0.3) is 0 Å². The lowest BCUT2D eigenvalue weighted by Crippen LogP contribution is -2.33. The van der Waals surface area contributed by atoms with Crippen LogP contribution in [0.15, 0.2) is 42.5 Å². The van der Waals surface area contributed by atoms with Crippen LogP contribution in [-0.4, -0.2) is 44.2 Å². The van der Waals surface area contributed by atoms with Crippen LogP contribution in [0, 0.1) is 0 Å². The minimum absolute atomic E-state index is 0.00962. The first-order valence-electron chi connectivity index (χ1n) is 9.30. The van der Waals surface area contributed by atoms with Crippen LogP contribution in [0.25, 0.3) is 0 Å². The number of nitrogens with one attached hydrogen (secondary N) is 1. The Balaban J connectivity index is 1.41. The summed E-state index contributed by atoms with van der Waals surface area (Å²) >= 11 is 0. The number of hydrogen-bond donors (Lipinski definition) is 1. The number of likely N-dealkylation sites (tertiary alicyclic amines) is 1. The predicted molar refractivity (Wildman–Crippen MR) is 103 cm³/mol. The summed E-state index contributed by atoms with van der Waals surface area (Å²) in [7, 11) is 1.62. The molecule has 2 aliphatic rings. The van der Waals surface area contributed by atoms with Gasteiger partial charge < -0.3 is 19.5 Å². The molecule has 4 rings (SSSR count). The molecule has 1 amide bonds. The molecule has 0 aliphatic carbocycles. The normalized spacial score (nSPS) is 18.9. The molecule has 1 fully saturated rings. The molecule has 0 aromatic heterocycles. The highest BCUT2D eigenvalue weighted by atomic mass is 16.6. The number of ether oxygens (including phenoxy) is 3. The molecule has 27 heavy (non-hydrogen) atoms. The molecule has 1 N–H and O–H groups in total. The van der Waals surface area contributed by atoms with Gasteiger partial charge in [-0.1, -0.05) is 6.07 Å². The number of carbonyl (C=O) groups excluding carboxylic acids is 1. The third-order valence-corrected chi connectivity index (χ3v) is 5.04. The average Bonchev–Trinajstić information content (AvgIpc) is 3.16. The first-order chi connectivity index (χ1) is 13.2. The van der Waals surface area contributed by atoms with E-state index in [1.165, 1.54) is 5.56 Å². The Bertz CT molecular complexity index is 806. The molecule has 2 heterocycles. The summed E-state index contributed by atoms with van der Waals surface area (Å²) in [5, 5.41) is 2.96. The van der Waals surface area contributed by atoms with Crippen molar-refractivity contribution in [1.29, 1.82) is 0 Å². The summed E-state index contributed by atoms with van der Waals surface area (Å²) in [6.07, 6.45) is 2.12. The molecular formula is C21H24N2O4. The Labute approximate surface area is 159 Å².